The molecule has 4 unspecified atom stereocenters. The fourth-order valence-electron chi connectivity index (χ4n) is 11.0. The van der Waals surface area contributed by atoms with Crippen LogP contribution in [0.25, 0.3) is 0 Å². The van der Waals surface area contributed by atoms with Gasteiger partial charge >= 0.3 is 39.5 Å². The molecule has 0 aromatic carbocycles. The van der Waals surface area contributed by atoms with Crippen LogP contribution in [0.4, 0.5) is 0 Å². The maximum atomic E-state index is 13.0. The zero-order valence-electron chi connectivity index (χ0n) is 62.8. The van der Waals surface area contributed by atoms with Gasteiger partial charge in [-0.15, -0.1) is 0 Å². The molecule has 0 aromatic heterocycles. The Morgan fingerprint density at radius 1 is 0.310 bits per heavy atom. The first kappa shape index (κ1) is 97.7. The van der Waals surface area contributed by atoms with Gasteiger partial charge in [-0.3, -0.25) is 46.9 Å². The van der Waals surface area contributed by atoms with Gasteiger partial charge < -0.3 is 49.6 Å². The van der Waals surface area contributed by atoms with Crippen molar-refractivity contribution in [3.05, 3.63) is 0 Å². The maximum absolute atomic E-state index is 13.0. The molecule has 26 heteroatoms. The first-order valence-corrected chi connectivity index (χ1v) is 44.9. The third kappa shape index (κ3) is 67.5. The highest BCUT2D eigenvalue weighted by molar-refractivity contribution is 8.76. The first-order valence-electron chi connectivity index (χ1n) is 39.4. The minimum absolute atomic E-state index is 0.0294. The summed E-state index contributed by atoms with van der Waals surface area (Å²) in [5.74, 6) is -2.51. The number of aliphatic hydroxyl groups excluding tert-OH is 2. The quantitative estimate of drug-likeness (QED) is 0.0108. The highest BCUT2D eigenvalue weighted by atomic mass is 33.1. The zero-order valence-corrected chi connectivity index (χ0v) is 66.2. The third-order valence-corrected chi connectivity index (χ3v) is 21.5. The largest absolute Gasteiger partial charge is 0.472 e. The van der Waals surface area contributed by atoms with Gasteiger partial charge in [-0.2, -0.15) is 0 Å². The van der Waals surface area contributed by atoms with Crippen molar-refractivity contribution in [1.82, 2.24) is 10.6 Å². The Kier molecular flexibility index (Phi) is 69.3. The molecule has 0 aliphatic carbocycles. The molecule has 590 valence electrons. The van der Waals surface area contributed by atoms with Gasteiger partial charge in [0.05, 0.1) is 51.7 Å². The number of rotatable bonds is 77. The lowest BCUT2D eigenvalue weighted by Crippen LogP contribution is -2.41. The average Bonchev–Trinajstić information content (AvgIpc) is 0.937. The van der Waals surface area contributed by atoms with Crippen molar-refractivity contribution in [1.29, 1.82) is 0 Å². The molecule has 6 N–H and O–H groups in total. The van der Waals surface area contributed by atoms with E-state index in [4.69, 9.17) is 37.0 Å². The summed E-state index contributed by atoms with van der Waals surface area (Å²) in [4.78, 5) is 98.0. The van der Waals surface area contributed by atoms with Crippen molar-refractivity contribution in [3.63, 3.8) is 0 Å². The van der Waals surface area contributed by atoms with Gasteiger partial charge in [-0.1, -0.05) is 306 Å². The molecule has 0 aliphatic heterocycles. The SMILES string of the molecule is CCCCCCCCCCCCCC(=O)OC[C@H](COP(=O)(O)OCC(CO)NC(=O)CCSSCCC(=O)NC(CO)COP(=O)(O)OC[C@@H](COC(=O)CCCCCCCCCCCCC)OC(=O)CCCCCCCCCCCCC)OC(=O)CCCCCCCCCCCCC. The maximum Gasteiger partial charge on any atom is 0.472 e. The Balaban J connectivity index is 5.05. The number of ether oxygens (including phenoxy) is 4. The number of esters is 4. The zero-order chi connectivity index (χ0) is 73.7. The van der Waals surface area contributed by atoms with Crippen molar-refractivity contribution < 1.29 is 94.9 Å². The summed E-state index contributed by atoms with van der Waals surface area (Å²) in [6.45, 7) is 4.30. The van der Waals surface area contributed by atoms with Crippen LogP contribution in [0, 0.1) is 0 Å². The molecule has 0 heterocycles. The summed E-state index contributed by atoms with van der Waals surface area (Å²) in [6.07, 6.45) is 47.3. The molecule has 6 atom stereocenters. The number of hydrogen-bond acceptors (Lipinski definition) is 20. The van der Waals surface area contributed by atoms with Crippen molar-refractivity contribution >= 4 is 72.9 Å². The average molecular weight is 1510 g/mol. The fourth-order valence-corrected chi connectivity index (χ4v) is 14.6. The summed E-state index contributed by atoms with van der Waals surface area (Å²) in [7, 11) is -7.13. The van der Waals surface area contributed by atoms with E-state index >= 15 is 0 Å². The summed E-state index contributed by atoms with van der Waals surface area (Å²) >= 11 is 0. The predicted molar refractivity (Wildman–Crippen MR) is 402 cm³/mol. The lowest BCUT2D eigenvalue weighted by atomic mass is 10.1. The Labute approximate surface area is 612 Å². The van der Waals surface area contributed by atoms with E-state index in [1.165, 1.54) is 189 Å². The molecule has 0 rings (SSSR count). The van der Waals surface area contributed by atoms with Gasteiger partial charge in [-0.25, -0.2) is 9.13 Å². The molecule has 22 nitrogen and oxygen atoms in total. The van der Waals surface area contributed by atoms with Crippen LogP contribution in [0.2, 0.25) is 0 Å². The van der Waals surface area contributed by atoms with E-state index in [1.807, 2.05) is 0 Å². The lowest BCUT2D eigenvalue weighted by molar-refractivity contribution is -0.161. The molecule has 0 saturated heterocycles. The second-order valence-electron chi connectivity index (χ2n) is 26.9. The highest BCUT2D eigenvalue weighted by Gasteiger charge is 2.30. The standard InChI is InChI=1S/C74H142N2O20P2S2/c1-5-9-13-17-21-25-29-33-37-41-45-49-71(81)89-61-67(95-73(83)51-47-43-39-35-31-27-23-19-15-11-7-3)63-93-97(85,86)91-59-65(57-77)75-69(79)53-55-99-100-56-54-70(80)76-66(58-78)60-92-98(87,88)94-64-68(96-74(84)52-48-44-40-36-32-28-24-20-16-12-8-4)62-90-72(82)50-46-42-38-34-30-26-22-18-14-10-6-2/h65-68,77-78H,5-64H2,1-4H3,(H,75,79)(H,76,80)(H,85,86)(H,87,88)/t65?,66?,67-,68-/m1/s1. The van der Waals surface area contributed by atoms with E-state index in [0.717, 1.165) is 89.9 Å². The highest BCUT2D eigenvalue weighted by Crippen LogP contribution is 2.44. The third-order valence-electron chi connectivity index (χ3n) is 17.2. The molecule has 0 aromatic rings. The number of unbranched alkanes of at least 4 members (excludes halogenated alkanes) is 40. The van der Waals surface area contributed by atoms with Crippen LogP contribution in [-0.2, 0) is 74.9 Å². The van der Waals surface area contributed by atoms with Crippen LogP contribution in [0.3, 0.4) is 0 Å². The van der Waals surface area contributed by atoms with Crippen molar-refractivity contribution in [3.8, 4) is 0 Å². The number of carbonyl (C=O) groups excluding carboxylic acids is 6. The van der Waals surface area contributed by atoms with Crippen LogP contribution in [0.5, 0.6) is 0 Å². The monoisotopic (exact) mass is 1500 g/mol. The molecule has 0 aliphatic rings. The molecule has 0 fully saturated rings. The Morgan fingerprint density at radius 3 is 0.770 bits per heavy atom. The van der Waals surface area contributed by atoms with Crippen molar-refractivity contribution in [2.24, 2.45) is 0 Å². The number of carbonyl (C=O) groups is 6. The van der Waals surface area contributed by atoms with E-state index in [1.54, 1.807) is 0 Å². The number of hydrogen-bond donors (Lipinski definition) is 6. The number of amides is 2. The van der Waals surface area contributed by atoms with E-state index in [2.05, 4.69) is 38.3 Å². The van der Waals surface area contributed by atoms with Gasteiger partial charge in [-0.05, 0) is 25.7 Å². The van der Waals surface area contributed by atoms with Gasteiger partial charge in [0.15, 0.2) is 12.2 Å². The van der Waals surface area contributed by atoms with Crippen LogP contribution in [-0.4, -0.2) is 144 Å². The molecule has 0 radical (unpaired) electrons. The van der Waals surface area contributed by atoms with Gasteiger partial charge in [0.25, 0.3) is 0 Å². The van der Waals surface area contributed by atoms with E-state index < -0.39 is 115 Å². The molecular weight excluding hydrogens is 1360 g/mol. The molecule has 0 spiro atoms. The second-order valence-corrected chi connectivity index (χ2v) is 32.5. The summed E-state index contributed by atoms with van der Waals surface area (Å²) in [5.41, 5.74) is 0. The Morgan fingerprint density at radius 2 is 0.530 bits per heavy atom. The summed E-state index contributed by atoms with van der Waals surface area (Å²) in [5, 5.41) is 25.0. The number of nitrogens with one attached hydrogen (secondary N) is 2. The Bertz CT molecular complexity index is 1930. The topological polar surface area (TPSA) is 315 Å². The predicted octanol–water partition coefficient (Wildman–Crippen LogP) is 18.1. The van der Waals surface area contributed by atoms with Crippen LogP contribution in [0.1, 0.15) is 349 Å². The molecule has 2 amide bonds. The molecule has 0 saturated carbocycles. The van der Waals surface area contributed by atoms with Gasteiger partial charge in [0.2, 0.25) is 11.8 Å². The molecule has 100 heavy (non-hydrogen) atoms. The summed E-state index contributed by atoms with van der Waals surface area (Å²) < 4.78 is 68.7. The van der Waals surface area contributed by atoms with Crippen molar-refractivity contribution in [2.75, 3.05) is 64.4 Å². The fraction of sp³-hybridized carbons (Fsp3) is 0.919. The molecular formula is C74H142N2O20P2S2. The van der Waals surface area contributed by atoms with Gasteiger partial charge in [0, 0.05) is 50.0 Å². The van der Waals surface area contributed by atoms with Crippen LogP contribution >= 0.6 is 37.2 Å². The molecule has 0 bridgehead atoms. The van der Waals surface area contributed by atoms with Crippen LogP contribution in [0.15, 0.2) is 0 Å². The van der Waals surface area contributed by atoms with E-state index in [9.17, 15) is 57.9 Å². The lowest BCUT2D eigenvalue weighted by Gasteiger charge is -2.21. The minimum Gasteiger partial charge on any atom is -0.462 e. The minimum atomic E-state index is -4.84. The first-order chi connectivity index (χ1) is 48.4. The number of phosphoric acid groups is 2. The normalized spacial score (nSPS) is 14.0. The van der Waals surface area contributed by atoms with Gasteiger partial charge in [0.1, 0.15) is 13.2 Å². The summed E-state index contributed by atoms with van der Waals surface area (Å²) in [6, 6.07) is -2.19. The second kappa shape index (κ2) is 70.9. The van der Waals surface area contributed by atoms with E-state index in [0.29, 0.717) is 25.7 Å². The number of phosphoric ester groups is 2. The van der Waals surface area contributed by atoms with Crippen molar-refractivity contribution in [2.45, 2.75) is 373 Å². The Hall–Kier alpha value is -2.34. The van der Waals surface area contributed by atoms with Crippen LogP contribution < -0.4 is 10.6 Å². The smallest absolute Gasteiger partial charge is 0.462 e. The number of aliphatic hydroxyl groups is 2. The van der Waals surface area contributed by atoms with E-state index in [-0.39, 0.29) is 63.2 Å².